The lowest BCUT2D eigenvalue weighted by Crippen LogP contribution is -2.47. The van der Waals surface area contributed by atoms with Gasteiger partial charge in [0.25, 0.3) is 0 Å². The largest absolute Gasteiger partial charge is 0.467 e. The molecule has 1 aliphatic heterocycles. The van der Waals surface area contributed by atoms with Crippen LogP contribution in [0.1, 0.15) is 29.5 Å². The van der Waals surface area contributed by atoms with Gasteiger partial charge in [0.05, 0.1) is 24.8 Å². The van der Waals surface area contributed by atoms with Crippen LogP contribution in [0.5, 0.6) is 0 Å². The van der Waals surface area contributed by atoms with Crippen molar-refractivity contribution in [3.63, 3.8) is 0 Å². The predicted octanol–water partition coefficient (Wildman–Crippen LogP) is 1.66. The first-order valence-electron chi connectivity index (χ1n) is 8.13. The van der Waals surface area contributed by atoms with E-state index in [1.807, 2.05) is 12.2 Å². The van der Waals surface area contributed by atoms with Gasteiger partial charge in [-0.25, -0.2) is 9.59 Å². The summed E-state index contributed by atoms with van der Waals surface area (Å²) in [7, 11) is 1.23. The lowest BCUT2D eigenvalue weighted by Gasteiger charge is -2.25. The average molecular weight is 341 g/mol. The molecule has 1 unspecified atom stereocenters. The first-order valence-corrected chi connectivity index (χ1v) is 8.13. The molecule has 1 aliphatic carbocycles. The smallest absolute Gasteiger partial charge is 0.331 e. The number of likely N-dealkylation sites (tertiary alicyclic amines) is 1. The number of fused-ring (bicyclic) bond motifs is 1. The molecule has 2 atom stereocenters. The Kier molecular flexibility index (Phi) is 4.72. The fraction of sp³-hybridized carbons (Fsp3) is 0.389. The fourth-order valence-corrected chi connectivity index (χ4v) is 3.36. The molecule has 1 aromatic rings. The number of nitrogens with zero attached hydrogens (tertiary/aromatic N) is 2. The number of rotatable bonds is 2. The molecule has 2 N–H and O–H groups in total. The number of carbonyl (C=O) groups excluding carboxylic acids is 2. The average Bonchev–Trinajstić information content (AvgIpc) is 3.03. The molecule has 0 aromatic heterocycles. The molecule has 7 heteroatoms. The molecule has 3 rings (SSSR count). The second kappa shape index (κ2) is 6.95. The van der Waals surface area contributed by atoms with Crippen LogP contribution >= 0.6 is 0 Å². The van der Waals surface area contributed by atoms with Gasteiger partial charge in [0, 0.05) is 17.8 Å². The number of carbonyl (C=O) groups is 2. The summed E-state index contributed by atoms with van der Waals surface area (Å²) >= 11 is 0. The fourth-order valence-electron chi connectivity index (χ4n) is 3.36. The zero-order valence-electron chi connectivity index (χ0n) is 13.9. The van der Waals surface area contributed by atoms with Crippen molar-refractivity contribution in [1.29, 1.82) is 5.26 Å². The molecule has 1 saturated heterocycles. The molecule has 2 aliphatic rings. The SMILES string of the molecule is COC(=O)C1[C@H](O)CCN1C(=O)Nc1ccc(C#N)c2c1C=CCC2. The van der Waals surface area contributed by atoms with Crippen LogP contribution in [-0.2, 0) is 16.0 Å². The van der Waals surface area contributed by atoms with Crippen LogP contribution in [0.15, 0.2) is 18.2 Å². The van der Waals surface area contributed by atoms with Crippen molar-refractivity contribution in [2.45, 2.75) is 31.4 Å². The van der Waals surface area contributed by atoms with E-state index in [1.54, 1.807) is 12.1 Å². The normalized spacial score (nSPS) is 21.4. The van der Waals surface area contributed by atoms with Crippen molar-refractivity contribution >= 4 is 23.8 Å². The van der Waals surface area contributed by atoms with Gasteiger partial charge in [-0.1, -0.05) is 12.2 Å². The Bertz CT molecular complexity index is 781. The number of nitriles is 1. The third-order valence-corrected chi connectivity index (χ3v) is 4.63. The Hall–Kier alpha value is -2.85. The van der Waals surface area contributed by atoms with Crippen LogP contribution in [0.25, 0.3) is 6.08 Å². The summed E-state index contributed by atoms with van der Waals surface area (Å²) in [4.78, 5) is 25.8. The standard InChI is InChI=1S/C18H19N3O4/c1-25-17(23)16-15(22)8-9-21(16)18(24)20-14-7-6-11(10-19)12-4-2-3-5-13(12)14/h3,5-7,15-16,22H,2,4,8-9H2,1H3,(H,20,24)/t15-,16?/m1/s1. The highest BCUT2D eigenvalue weighted by Gasteiger charge is 2.42. The number of urea groups is 1. The zero-order chi connectivity index (χ0) is 18.0. The van der Waals surface area contributed by atoms with E-state index in [0.29, 0.717) is 17.7 Å². The first kappa shape index (κ1) is 17.0. The summed E-state index contributed by atoms with van der Waals surface area (Å²) in [6.07, 6.45) is 4.86. The van der Waals surface area contributed by atoms with E-state index in [-0.39, 0.29) is 6.54 Å². The zero-order valence-corrected chi connectivity index (χ0v) is 13.9. The minimum Gasteiger partial charge on any atom is -0.467 e. The van der Waals surface area contributed by atoms with Gasteiger partial charge in [-0.2, -0.15) is 5.26 Å². The van der Waals surface area contributed by atoms with E-state index < -0.39 is 24.1 Å². The van der Waals surface area contributed by atoms with Gasteiger partial charge in [-0.15, -0.1) is 0 Å². The number of hydrogen-bond donors (Lipinski definition) is 2. The van der Waals surface area contributed by atoms with E-state index in [4.69, 9.17) is 0 Å². The van der Waals surface area contributed by atoms with Gasteiger partial charge in [0.15, 0.2) is 6.04 Å². The summed E-state index contributed by atoms with van der Waals surface area (Å²) in [6, 6.07) is 4.07. The maximum Gasteiger partial charge on any atom is 0.331 e. The quantitative estimate of drug-likeness (QED) is 0.796. The minimum absolute atomic E-state index is 0.265. The van der Waals surface area contributed by atoms with Crippen molar-refractivity contribution in [1.82, 2.24) is 4.90 Å². The van der Waals surface area contributed by atoms with Crippen LogP contribution in [0.3, 0.4) is 0 Å². The highest BCUT2D eigenvalue weighted by Crippen LogP contribution is 2.30. The highest BCUT2D eigenvalue weighted by molar-refractivity contribution is 5.95. The van der Waals surface area contributed by atoms with Crippen molar-refractivity contribution in [3.05, 3.63) is 34.9 Å². The van der Waals surface area contributed by atoms with Crippen molar-refractivity contribution in [3.8, 4) is 6.07 Å². The molecule has 0 radical (unpaired) electrons. The Morgan fingerprint density at radius 3 is 2.96 bits per heavy atom. The molecule has 0 saturated carbocycles. The number of esters is 1. The van der Waals surface area contributed by atoms with Crippen LogP contribution in [-0.4, -0.2) is 47.8 Å². The number of allylic oxidation sites excluding steroid dienone is 1. The molecule has 7 nitrogen and oxygen atoms in total. The summed E-state index contributed by atoms with van der Waals surface area (Å²) in [5.41, 5.74) is 2.91. The van der Waals surface area contributed by atoms with Gasteiger partial charge >= 0.3 is 12.0 Å². The molecule has 0 spiro atoms. The Morgan fingerprint density at radius 1 is 1.44 bits per heavy atom. The summed E-state index contributed by atoms with van der Waals surface area (Å²) < 4.78 is 4.69. The van der Waals surface area contributed by atoms with Crippen LogP contribution in [0.2, 0.25) is 0 Å². The number of aliphatic hydroxyl groups is 1. The van der Waals surface area contributed by atoms with E-state index >= 15 is 0 Å². The van der Waals surface area contributed by atoms with Gasteiger partial charge in [-0.3, -0.25) is 0 Å². The minimum atomic E-state index is -1.00. The maximum absolute atomic E-state index is 12.6. The lowest BCUT2D eigenvalue weighted by atomic mass is 9.92. The van der Waals surface area contributed by atoms with Crippen LogP contribution in [0.4, 0.5) is 10.5 Å². The molecule has 25 heavy (non-hydrogen) atoms. The predicted molar refractivity (Wildman–Crippen MR) is 90.7 cm³/mol. The number of hydrogen-bond acceptors (Lipinski definition) is 5. The number of anilines is 1. The van der Waals surface area contributed by atoms with E-state index in [2.05, 4.69) is 16.1 Å². The number of nitrogens with one attached hydrogen (secondary N) is 1. The highest BCUT2D eigenvalue weighted by atomic mass is 16.5. The molecule has 2 amide bonds. The third kappa shape index (κ3) is 3.08. The second-order valence-corrected chi connectivity index (χ2v) is 6.05. The number of methoxy groups -OCH3 is 1. The Balaban J connectivity index is 1.86. The van der Waals surface area contributed by atoms with Gasteiger partial charge < -0.3 is 20.1 Å². The molecular weight excluding hydrogens is 322 g/mol. The Labute approximate surface area is 145 Å². The van der Waals surface area contributed by atoms with Crippen LogP contribution in [0, 0.1) is 11.3 Å². The van der Waals surface area contributed by atoms with E-state index in [1.165, 1.54) is 12.0 Å². The third-order valence-electron chi connectivity index (χ3n) is 4.63. The van der Waals surface area contributed by atoms with Gasteiger partial charge in [-0.05, 0) is 37.0 Å². The monoisotopic (exact) mass is 341 g/mol. The first-order chi connectivity index (χ1) is 12.1. The summed E-state index contributed by atoms with van der Waals surface area (Å²) in [5.74, 6) is -0.637. The van der Waals surface area contributed by atoms with Crippen molar-refractivity contribution in [2.75, 3.05) is 19.0 Å². The Morgan fingerprint density at radius 2 is 2.24 bits per heavy atom. The van der Waals surface area contributed by atoms with Crippen molar-refractivity contribution < 1.29 is 19.4 Å². The maximum atomic E-state index is 12.6. The number of amides is 2. The molecule has 130 valence electrons. The van der Waals surface area contributed by atoms with Gasteiger partial charge in [0.1, 0.15) is 0 Å². The number of benzene rings is 1. The van der Waals surface area contributed by atoms with Gasteiger partial charge in [0.2, 0.25) is 0 Å². The molecule has 1 aromatic carbocycles. The van der Waals surface area contributed by atoms with E-state index in [9.17, 15) is 20.0 Å². The molecule has 1 heterocycles. The van der Waals surface area contributed by atoms with Crippen LogP contribution < -0.4 is 5.32 Å². The second-order valence-electron chi connectivity index (χ2n) is 6.05. The summed E-state index contributed by atoms with van der Waals surface area (Å²) in [5, 5.41) is 22.0. The van der Waals surface area contributed by atoms with Crippen molar-refractivity contribution in [2.24, 2.45) is 0 Å². The topological polar surface area (TPSA) is 103 Å². The molecule has 1 fully saturated rings. The lowest BCUT2D eigenvalue weighted by molar-refractivity contribution is -0.147. The number of ether oxygens (including phenoxy) is 1. The summed E-state index contributed by atoms with van der Waals surface area (Å²) in [6.45, 7) is 0.265. The van der Waals surface area contributed by atoms with E-state index in [0.717, 1.165) is 24.0 Å². The molecule has 0 bridgehead atoms. The molecular formula is C18H19N3O4. The number of aliphatic hydroxyl groups excluding tert-OH is 1.